The van der Waals surface area contributed by atoms with E-state index in [0.29, 0.717) is 6.54 Å². The van der Waals surface area contributed by atoms with E-state index in [9.17, 15) is 19.7 Å². The summed E-state index contributed by atoms with van der Waals surface area (Å²) >= 11 is 0. The number of rotatable bonds is 8. The zero-order valence-corrected chi connectivity index (χ0v) is 18.5. The molecule has 0 radical (unpaired) electrons. The van der Waals surface area contributed by atoms with Crippen molar-refractivity contribution < 1.29 is 14.5 Å². The Labute approximate surface area is 190 Å². The van der Waals surface area contributed by atoms with Crippen molar-refractivity contribution >= 4 is 23.7 Å². The minimum absolute atomic E-state index is 0.0874. The molecule has 0 saturated carbocycles. The second-order valence-electron chi connectivity index (χ2n) is 7.46. The molecule has 170 valence electrons. The van der Waals surface area contributed by atoms with E-state index >= 15 is 0 Å². The van der Waals surface area contributed by atoms with E-state index in [4.69, 9.17) is 0 Å². The number of non-ortho nitro benzene ring substituents is 1. The number of nitro groups is 1. The third-order valence-corrected chi connectivity index (χ3v) is 5.04. The molecule has 2 aromatic carbocycles. The maximum absolute atomic E-state index is 12.3. The summed E-state index contributed by atoms with van der Waals surface area (Å²) in [5.41, 5.74) is 5.87. The largest absolute Gasteiger partial charge is 0.340 e. The average Bonchev–Trinajstić information content (AvgIpc) is 3.06. The summed E-state index contributed by atoms with van der Waals surface area (Å²) in [5, 5.41) is 21.9. The van der Waals surface area contributed by atoms with Gasteiger partial charge in [-0.3, -0.25) is 24.4 Å². The van der Waals surface area contributed by atoms with Gasteiger partial charge in [0.25, 0.3) is 17.5 Å². The molecule has 2 amide bonds. The average molecular weight is 448 g/mol. The van der Waals surface area contributed by atoms with E-state index in [1.807, 2.05) is 48.9 Å². The van der Waals surface area contributed by atoms with Crippen molar-refractivity contribution in [2.75, 3.05) is 0 Å². The van der Waals surface area contributed by atoms with Crippen molar-refractivity contribution in [2.45, 2.75) is 33.4 Å². The van der Waals surface area contributed by atoms with Gasteiger partial charge in [-0.25, -0.2) is 5.43 Å². The molecule has 0 aliphatic heterocycles. The van der Waals surface area contributed by atoms with E-state index in [0.717, 1.165) is 28.6 Å². The Morgan fingerprint density at radius 3 is 2.61 bits per heavy atom. The van der Waals surface area contributed by atoms with Crippen LogP contribution in [-0.2, 0) is 11.3 Å². The fraction of sp³-hybridized carbons (Fsp3) is 0.217. The predicted octanol–water partition coefficient (Wildman–Crippen LogP) is 2.73. The summed E-state index contributed by atoms with van der Waals surface area (Å²) in [6, 6.07) is 14.3. The quantitative estimate of drug-likeness (QED) is 0.311. The van der Waals surface area contributed by atoms with Gasteiger partial charge in [-0.2, -0.15) is 10.2 Å². The Morgan fingerprint density at radius 1 is 1.18 bits per heavy atom. The summed E-state index contributed by atoms with van der Waals surface area (Å²) in [4.78, 5) is 34.9. The van der Waals surface area contributed by atoms with Crippen LogP contribution in [0.3, 0.4) is 0 Å². The molecular weight excluding hydrogens is 424 g/mol. The Morgan fingerprint density at radius 2 is 1.91 bits per heavy atom. The SMILES string of the molecule is Cc1nn(Cc2ccccc2)c(C)c1/C=N/NC(=O)C(C)NC(=O)c1cccc([N+](=O)[O-])c1. The molecule has 0 bridgehead atoms. The van der Waals surface area contributed by atoms with Gasteiger partial charge in [-0.15, -0.1) is 0 Å². The Kier molecular flexibility index (Phi) is 7.29. The molecule has 1 heterocycles. The molecule has 33 heavy (non-hydrogen) atoms. The van der Waals surface area contributed by atoms with Gasteiger partial charge in [0.1, 0.15) is 6.04 Å². The molecule has 0 spiro atoms. The van der Waals surface area contributed by atoms with Crippen LogP contribution >= 0.6 is 0 Å². The van der Waals surface area contributed by atoms with Gasteiger partial charge in [0.05, 0.1) is 23.4 Å². The van der Waals surface area contributed by atoms with Crippen LogP contribution in [0.2, 0.25) is 0 Å². The number of nitrogens with one attached hydrogen (secondary N) is 2. The number of carbonyl (C=O) groups excluding carboxylic acids is 2. The highest BCUT2D eigenvalue weighted by molar-refractivity contribution is 5.98. The molecule has 0 saturated heterocycles. The summed E-state index contributed by atoms with van der Waals surface area (Å²) in [5.74, 6) is -1.13. The Bertz CT molecular complexity index is 1200. The summed E-state index contributed by atoms with van der Waals surface area (Å²) in [6.45, 7) is 5.90. The third-order valence-electron chi connectivity index (χ3n) is 5.04. The van der Waals surface area contributed by atoms with Crippen LogP contribution in [0.15, 0.2) is 59.7 Å². The lowest BCUT2D eigenvalue weighted by atomic mass is 10.2. The first-order valence-electron chi connectivity index (χ1n) is 10.2. The lowest BCUT2D eigenvalue weighted by molar-refractivity contribution is -0.384. The Hall–Kier alpha value is -4.34. The molecule has 0 fully saturated rings. The molecule has 10 heteroatoms. The summed E-state index contributed by atoms with van der Waals surface area (Å²) < 4.78 is 1.87. The monoisotopic (exact) mass is 448 g/mol. The zero-order chi connectivity index (χ0) is 24.0. The van der Waals surface area contributed by atoms with Gasteiger partial charge < -0.3 is 5.32 Å². The normalized spacial score (nSPS) is 11.8. The molecule has 1 unspecified atom stereocenters. The van der Waals surface area contributed by atoms with Crippen molar-refractivity contribution in [1.82, 2.24) is 20.5 Å². The number of nitro benzene ring substituents is 1. The van der Waals surface area contributed by atoms with Gasteiger partial charge in [0, 0.05) is 29.0 Å². The van der Waals surface area contributed by atoms with Crippen LogP contribution in [0, 0.1) is 24.0 Å². The maximum atomic E-state index is 12.3. The number of hydrogen-bond acceptors (Lipinski definition) is 6. The molecule has 1 aromatic heterocycles. The summed E-state index contributed by atoms with van der Waals surface area (Å²) in [6.07, 6.45) is 1.52. The van der Waals surface area contributed by atoms with Crippen molar-refractivity contribution in [3.05, 3.63) is 92.8 Å². The second-order valence-corrected chi connectivity index (χ2v) is 7.46. The third kappa shape index (κ3) is 5.88. The number of benzene rings is 2. The van der Waals surface area contributed by atoms with Crippen molar-refractivity contribution in [3.63, 3.8) is 0 Å². The van der Waals surface area contributed by atoms with Gasteiger partial charge in [0.15, 0.2) is 0 Å². The van der Waals surface area contributed by atoms with Crippen molar-refractivity contribution in [1.29, 1.82) is 0 Å². The molecule has 10 nitrogen and oxygen atoms in total. The fourth-order valence-corrected chi connectivity index (χ4v) is 3.17. The molecule has 3 aromatic rings. The van der Waals surface area contributed by atoms with Crippen LogP contribution < -0.4 is 10.7 Å². The number of hydrazone groups is 1. The zero-order valence-electron chi connectivity index (χ0n) is 18.5. The van der Waals surface area contributed by atoms with Gasteiger partial charge in [0.2, 0.25) is 0 Å². The highest BCUT2D eigenvalue weighted by Crippen LogP contribution is 2.14. The van der Waals surface area contributed by atoms with Gasteiger partial charge in [-0.1, -0.05) is 36.4 Å². The lowest BCUT2D eigenvalue weighted by Gasteiger charge is -2.12. The minimum Gasteiger partial charge on any atom is -0.340 e. The van der Waals surface area contributed by atoms with Crippen LogP contribution in [0.25, 0.3) is 0 Å². The van der Waals surface area contributed by atoms with Crippen molar-refractivity contribution in [2.24, 2.45) is 5.10 Å². The minimum atomic E-state index is -0.906. The fourth-order valence-electron chi connectivity index (χ4n) is 3.17. The first-order valence-corrected chi connectivity index (χ1v) is 10.2. The van der Waals surface area contributed by atoms with Gasteiger partial charge >= 0.3 is 0 Å². The van der Waals surface area contributed by atoms with E-state index in [1.165, 1.54) is 31.3 Å². The van der Waals surface area contributed by atoms with Crippen LogP contribution in [0.5, 0.6) is 0 Å². The molecule has 0 aliphatic rings. The number of amides is 2. The Balaban J connectivity index is 1.60. The van der Waals surface area contributed by atoms with E-state index in [-0.39, 0.29) is 11.3 Å². The van der Waals surface area contributed by atoms with Gasteiger partial charge in [-0.05, 0) is 32.4 Å². The standard InChI is InChI=1S/C23H24N6O4/c1-15-21(17(3)28(27-15)14-18-8-5-4-6-9-18)13-24-26-22(30)16(2)25-23(31)19-10-7-11-20(12-19)29(32)33/h4-13,16H,14H2,1-3H3,(H,25,31)(H,26,30)/b24-13+. The van der Waals surface area contributed by atoms with Crippen LogP contribution in [0.1, 0.15) is 39.8 Å². The number of hydrogen-bond donors (Lipinski definition) is 2. The first kappa shape index (κ1) is 23.3. The molecular formula is C23H24N6O4. The highest BCUT2D eigenvalue weighted by Gasteiger charge is 2.18. The smallest absolute Gasteiger partial charge is 0.270 e. The number of nitrogens with zero attached hydrogens (tertiary/aromatic N) is 4. The predicted molar refractivity (Wildman–Crippen MR) is 123 cm³/mol. The van der Waals surface area contributed by atoms with Crippen molar-refractivity contribution in [3.8, 4) is 0 Å². The number of carbonyl (C=O) groups is 2. The maximum Gasteiger partial charge on any atom is 0.270 e. The highest BCUT2D eigenvalue weighted by atomic mass is 16.6. The lowest BCUT2D eigenvalue weighted by Crippen LogP contribution is -2.43. The second kappa shape index (κ2) is 10.3. The molecule has 3 rings (SSSR count). The molecule has 1 atom stereocenters. The van der Waals surface area contributed by atoms with Crippen LogP contribution in [0.4, 0.5) is 5.69 Å². The topological polar surface area (TPSA) is 132 Å². The van der Waals surface area contributed by atoms with E-state index in [2.05, 4.69) is 20.9 Å². The first-order chi connectivity index (χ1) is 15.8. The molecule has 2 N–H and O–H groups in total. The van der Waals surface area contributed by atoms with Crippen LogP contribution in [-0.4, -0.2) is 38.8 Å². The summed E-state index contributed by atoms with van der Waals surface area (Å²) in [7, 11) is 0. The van der Waals surface area contributed by atoms with E-state index < -0.39 is 22.8 Å². The number of aryl methyl sites for hydroxylation is 1. The number of aromatic nitrogens is 2. The molecule has 0 aliphatic carbocycles. The van der Waals surface area contributed by atoms with E-state index in [1.54, 1.807) is 0 Å².